The number of esters is 1. The third-order valence-electron chi connectivity index (χ3n) is 3.10. The van der Waals surface area contributed by atoms with Crippen LogP contribution in [0, 0.1) is 0 Å². The summed E-state index contributed by atoms with van der Waals surface area (Å²) in [6, 6.07) is 9.90. The van der Waals surface area contributed by atoms with Crippen LogP contribution in [0.5, 0.6) is 0 Å². The minimum Gasteiger partial charge on any atom is -0.465 e. The summed E-state index contributed by atoms with van der Waals surface area (Å²) < 4.78 is 4.61. The van der Waals surface area contributed by atoms with Crippen LogP contribution in [-0.4, -0.2) is 24.0 Å². The van der Waals surface area contributed by atoms with Gasteiger partial charge < -0.3 is 10.1 Å². The lowest BCUT2D eigenvalue weighted by Crippen LogP contribution is -2.26. The number of aromatic nitrogens is 1. The molecule has 1 aromatic carbocycles. The van der Waals surface area contributed by atoms with Crippen LogP contribution in [0.25, 0.3) is 0 Å². The highest BCUT2D eigenvalue weighted by Crippen LogP contribution is 2.12. The first-order valence-corrected chi connectivity index (χ1v) is 6.51. The molecule has 108 valence electrons. The van der Waals surface area contributed by atoms with E-state index in [2.05, 4.69) is 15.0 Å². The summed E-state index contributed by atoms with van der Waals surface area (Å²) in [5.41, 5.74) is 1.82. The van der Waals surface area contributed by atoms with Crippen LogP contribution < -0.4 is 5.32 Å². The van der Waals surface area contributed by atoms with E-state index in [0.717, 1.165) is 5.56 Å². The standard InChI is InChI=1S/C16H16N2O3/c1-11(14-4-3-9-17-10-14)18-15(19)12-5-7-13(8-6-12)16(20)21-2/h3-11H,1-2H3,(H,18,19)/t11-/m1/s1. The molecule has 0 aliphatic rings. The van der Waals surface area contributed by atoms with Crippen molar-refractivity contribution in [1.82, 2.24) is 10.3 Å². The van der Waals surface area contributed by atoms with E-state index in [0.29, 0.717) is 11.1 Å². The van der Waals surface area contributed by atoms with E-state index < -0.39 is 5.97 Å². The minimum absolute atomic E-state index is 0.147. The Labute approximate surface area is 123 Å². The average Bonchev–Trinajstić information content (AvgIpc) is 2.55. The zero-order chi connectivity index (χ0) is 15.2. The van der Waals surface area contributed by atoms with Gasteiger partial charge in [0.15, 0.2) is 0 Å². The van der Waals surface area contributed by atoms with Crippen molar-refractivity contribution in [2.24, 2.45) is 0 Å². The molecule has 0 saturated carbocycles. The number of carbonyl (C=O) groups is 2. The molecule has 5 nitrogen and oxygen atoms in total. The number of hydrogen-bond acceptors (Lipinski definition) is 4. The summed E-state index contributed by atoms with van der Waals surface area (Å²) in [5.74, 6) is -0.631. The van der Waals surface area contributed by atoms with Crippen molar-refractivity contribution in [3.05, 3.63) is 65.5 Å². The molecule has 0 radical (unpaired) electrons. The van der Waals surface area contributed by atoms with Crippen LogP contribution in [0.1, 0.15) is 39.2 Å². The number of nitrogens with zero attached hydrogens (tertiary/aromatic N) is 1. The monoisotopic (exact) mass is 284 g/mol. The van der Waals surface area contributed by atoms with Crippen LogP contribution in [0.4, 0.5) is 0 Å². The van der Waals surface area contributed by atoms with Gasteiger partial charge in [-0.3, -0.25) is 9.78 Å². The van der Waals surface area contributed by atoms with Crippen molar-refractivity contribution in [3.63, 3.8) is 0 Å². The number of ether oxygens (including phenoxy) is 1. The van der Waals surface area contributed by atoms with Gasteiger partial charge in [0.1, 0.15) is 0 Å². The van der Waals surface area contributed by atoms with Crippen LogP contribution in [0.15, 0.2) is 48.8 Å². The van der Waals surface area contributed by atoms with Gasteiger partial charge in [-0.25, -0.2) is 4.79 Å². The molecule has 2 rings (SSSR count). The number of amides is 1. The van der Waals surface area contributed by atoms with Gasteiger partial charge in [-0.15, -0.1) is 0 Å². The predicted octanol–water partition coefficient (Wildman–Crippen LogP) is 2.36. The molecule has 0 aliphatic carbocycles. The largest absolute Gasteiger partial charge is 0.465 e. The summed E-state index contributed by atoms with van der Waals surface area (Å²) in [4.78, 5) is 27.5. The molecule has 2 aromatic rings. The highest BCUT2D eigenvalue weighted by Gasteiger charge is 2.12. The van der Waals surface area contributed by atoms with Gasteiger partial charge in [0, 0.05) is 18.0 Å². The van der Waals surface area contributed by atoms with Crippen LogP contribution in [0.2, 0.25) is 0 Å². The van der Waals surface area contributed by atoms with Gasteiger partial charge in [-0.2, -0.15) is 0 Å². The van der Waals surface area contributed by atoms with Gasteiger partial charge in [0.05, 0.1) is 18.7 Å². The molecule has 1 amide bonds. The third kappa shape index (κ3) is 3.66. The smallest absolute Gasteiger partial charge is 0.337 e. The number of benzene rings is 1. The maximum absolute atomic E-state index is 12.1. The molecule has 21 heavy (non-hydrogen) atoms. The van der Waals surface area contributed by atoms with Crippen molar-refractivity contribution in [2.45, 2.75) is 13.0 Å². The van der Waals surface area contributed by atoms with E-state index in [9.17, 15) is 9.59 Å². The molecule has 0 aliphatic heterocycles. The number of nitrogens with one attached hydrogen (secondary N) is 1. The maximum atomic E-state index is 12.1. The number of rotatable bonds is 4. The van der Waals surface area contributed by atoms with Crippen molar-refractivity contribution in [3.8, 4) is 0 Å². The fraction of sp³-hybridized carbons (Fsp3) is 0.188. The summed E-state index contributed by atoms with van der Waals surface area (Å²) in [6.07, 6.45) is 3.40. The Bertz CT molecular complexity index is 624. The van der Waals surface area contributed by atoms with Crippen LogP contribution in [-0.2, 0) is 4.74 Å². The predicted molar refractivity (Wildman–Crippen MR) is 77.9 cm³/mol. The number of hydrogen-bond donors (Lipinski definition) is 1. The fourth-order valence-corrected chi connectivity index (χ4v) is 1.87. The Kier molecular flexibility index (Phi) is 4.66. The van der Waals surface area contributed by atoms with E-state index in [1.807, 2.05) is 19.1 Å². The van der Waals surface area contributed by atoms with E-state index in [1.54, 1.807) is 36.7 Å². The molecule has 0 bridgehead atoms. The highest BCUT2D eigenvalue weighted by atomic mass is 16.5. The zero-order valence-corrected chi connectivity index (χ0v) is 11.9. The molecular formula is C16H16N2O3. The van der Waals surface area contributed by atoms with Crippen molar-refractivity contribution in [2.75, 3.05) is 7.11 Å². The Morgan fingerprint density at radius 2 is 1.81 bits per heavy atom. The number of methoxy groups -OCH3 is 1. The Morgan fingerprint density at radius 3 is 2.38 bits per heavy atom. The first kappa shape index (κ1) is 14.7. The van der Waals surface area contributed by atoms with Gasteiger partial charge in [0.2, 0.25) is 0 Å². The summed E-state index contributed by atoms with van der Waals surface area (Å²) >= 11 is 0. The Balaban J connectivity index is 2.05. The molecule has 1 aromatic heterocycles. The quantitative estimate of drug-likeness (QED) is 0.875. The first-order valence-electron chi connectivity index (χ1n) is 6.51. The van der Waals surface area contributed by atoms with E-state index in [4.69, 9.17) is 0 Å². The minimum atomic E-state index is -0.425. The molecule has 1 heterocycles. The second-order valence-corrected chi connectivity index (χ2v) is 4.55. The molecular weight excluding hydrogens is 268 g/mol. The normalized spacial score (nSPS) is 11.5. The SMILES string of the molecule is COC(=O)c1ccc(C(=O)N[C@H](C)c2cccnc2)cc1. The van der Waals surface area contributed by atoms with Gasteiger partial charge in [0.25, 0.3) is 5.91 Å². The second-order valence-electron chi connectivity index (χ2n) is 4.55. The second kappa shape index (κ2) is 6.65. The lowest BCUT2D eigenvalue weighted by molar-refractivity contribution is 0.0600. The van der Waals surface area contributed by atoms with E-state index in [1.165, 1.54) is 7.11 Å². The highest BCUT2D eigenvalue weighted by molar-refractivity contribution is 5.96. The van der Waals surface area contributed by atoms with Crippen molar-refractivity contribution >= 4 is 11.9 Å². The third-order valence-corrected chi connectivity index (χ3v) is 3.10. The molecule has 0 saturated heterocycles. The maximum Gasteiger partial charge on any atom is 0.337 e. The van der Waals surface area contributed by atoms with E-state index in [-0.39, 0.29) is 11.9 Å². The molecule has 1 N–H and O–H groups in total. The summed E-state index contributed by atoms with van der Waals surface area (Å²) in [7, 11) is 1.32. The molecule has 5 heteroatoms. The lowest BCUT2D eigenvalue weighted by atomic mass is 10.1. The van der Waals surface area contributed by atoms with Gasteiger partial charge in [-0.1, -0.05) is 6.07 Å². The van der Waals surface area contributed by atoms with E-state index >= 15 is 0 Å². The molecule has 1 atom stereocenters. The first-order chi connectivity index (χ1) is 10.1. The lowest BCUT2D eigenvalue weighted by Gasteiger charge is -2.14. The topological polar surface area (TPSA) is 68.3 Å². The summed E-state index contributed by atoms with van der Waals surface area (Å²) in [5, 5.41) is 2.88. The Morgan fingerprint density at radius 1 is 1.14 bits per heavy atom. The molecule has 0 spiro atoms. The van der Waals surface area contributed by atoms with Gasteiger partial charge in [-0.05, 0) is 42.8 Å². The van der Waals surface area contributed by atoms with Crippen molar-refractivity contribution < 1.29 is 14.3 Å². The van der Waals surface area contributed by atoms with Gasteiger partial charge >= 0.3 is 5.97 Å². The van der Waals surface area contributed by atoms with Crippen molar-refractivity contribution in [1.29, 1.82) is 0 Å². The molecule has 0 unspecified atom stereocenters. The number of pyridine rings is 1. The molecule has 0 fully saturated rings. The number of carbonyl (C=O) groups excluding carboxylic acids is 2. The zero-order valence-electron chi connectivity index (χ0n) is 11.9. The fourth-order valence-electron chi connectivity index (χ4n) is 1.87. The average molecular weight is 284 g/mol. The summed E-state index contributed by atoms with van der Waals surface area (Å²) in [6.45, 7) is 1.89. The van der Waals surface area contributed by atoms with Crippen LogP contribution in [0.3, 0.4) is 0 Å². The van der Waals surface area contributed by atoms with Crippen LogP contribution >= 0.6 is 0 Å². The Hall–Kier alpha value is -2.69.